The third-order valence-corrected chi connectivity index (χ3v) is 6.86. The molecule has 1 aromatic rings. The maximum Gasteiger partial charge on any atom is 0.335 e. The number of hydrogen-bond acceptors (Lipinski definition) is 5. The molecule has 1 aromatic carbocycles. The number of aliphatic carboxylic acids is 1. The summed E-state index contributed by atoms with van der Waals surface area (Å²) in [6.07, 6.45) is 3.52. The summed E-state index contributed by atoms with van der Waals surface area (Å²) in [6.45, 7) is 0.192. The molecule has 2 fully saturated rings. The number of carbonyl (C=O) groups excluding carboxylic acids is 1. The second-order valence-corrected chi connectivity index (χ2v) is 8.97. The fourth-order valence-corrected chi connectivity index (χ4v) is 4.95. The van der Waals surface area contributed by atoms with E-state index in [1.54, 1.807) is 0 Å². The van der Waals surface area contributed by atoms with E-state index in [-0.39, 0.29) is 48.3 Å². The maximum atomic E-state index is 12.7. The molecule has 0 aromatic heterocycles. The first-order valence-electron chi connectivity index (χ1n) is 9.09. The van der Waals surface area contributed by atoms with Crippen molar-refractivity contribution in [1.29, 1.82) is 0 Å². The van der Waals surface area contributed by atoms with E-state index in [2.05, 4.69) is 4.72 Å². The van der Waals surface area contributed by atoms with Crippen molar-refractivity contribution >= 4 is 21.9 Å². The lowest BCUT2D eigenvalue weighted by Crippen LogP contribution is -2.50. The van der Waals surface area contributed by atoms with Gasteiger partial charge >= 0.3 is 5.97 Å². The van der Waals surface area contributed by atoms with Gasteiger partial charge in [-0.3, -0.25) is 4.79 Å². The normalized spacial score (nSPS) is 20.6. The first kappa shape index (κ1) is 19.8. The summed E-state index contributed by atoms with van der Waals surface area (Å²) >= 11 is 0. The Kier molecular flexibility index (Phi) is 5.55. The smallest absolute Gasteiger partial charge is 0.335 e. The van der Waals surface area contributed by atoms with Crippen LogP contribution in [-0.2, 0) is 14.8 Å². The number of aliphatic hydroxyl groups is 1. The molecule has 8 nitrogen and oxygen atoms in total. The Morgan fingerprint density at radius 3 is 2.37 bits per heavy atom. The van der Waals surface area contributed by atoms with Crippen LogP contribution in [0.15, 0.2) is 29.2 Å². The number of benzene rings is 1. The second kappa shape index (κ2) is 7.57. The molecule has 0 spiro atoms. The van der Waals surface area contributed by atoms with Gasteiger partial charge in [0.05, 0.1) is 4.90 Å². The number of rotatable bonds is 5. The predicted molar refractivity (Wildman–Crippen MR) is 96.7 cm³/mol. The van der Waals surface area contributed by atoms with Crippen LogP contribution in [0.5, 0.6) is 0 Å². The lowest BCUT2D eigenvalue weighted by molar-refractivity contribution is -0.162. The number of carboxylic acids is 1. The van der Waals surface area contributed by atoms with Gasteiger partial charge in [0, 0.05) is 37.5 Å². The summed E-state index contributed by atoms with van der Waals surface area (Å²) in [5.41, 5.74) is -1.59. The van der Waals surface area contributed by atoms with E-state index in [1.165, 1.54) is 29.2 Å². The topological polar surface area (TPSA) is 124 Å². The zero-order chi connectivity index (χ0) is 19.7. The molecule has 1 saturated heterocycles. The van der Waals surface area contributed by atoms with E-state index in [4.69, 9.17) is 5.11 Å². The van der Waals surface area contributed by atoms with Crippen LogP contribution in [0.2, 0.25) is 0 Å². The lowest BCUT2D eigenvalue weighted by atomic mass is 9.91. The fraction of sp³-hybridized carbons (Fsp3) is 0.556. The van der Waals surface area contributed by atoms with Crippen molar-refractivity contribution in [3.63, 3.8) is 0 Å². The molecule has 1 amide bonds. The Hall–Kier alpha value is -1.97. The molecule has 1 heterocycles. The van der Waals surface area contributed by atoms with Crippen molar-refractivity contribution in [3.05, 3.63) is 29.8 Å². The van der Waals surface area contributed by atoms with Crippen LogP contribution in [0.4, 0.5) is 0 Å². The molecule has 3 rings (SSSR count). The number of carbonyl (C=O) groups is 2. The van der Waals surface area contributed by atoms with Crippen molar-refractivity contribution in [2.75, 3.05) is 13.1 Å². The Balaban J connectivity index is 1.71. The molecule has 148 valence electrons. The highest BCUT2D eigenvalue weighted by Crippen LogP contribution is 2.25. The summed E-state index contributed by atoms with van der Waals surface area (Å²) < 4.78 is 27.8. The first-order valence-corrected chi connectivity index (χ1v) is 10.6. The van der Waals surface area contributed by atoms with E-state index in [0.717, 1.165) is 25.7 Å². The van der Waals surface area contributed by atoms with Crippen LogP contribution >= 0.6 is 0 Å². The second-order valence-electron chi connectivity index (χ2n) is 7.26. The molecule has 0 unspecified atom stereocenters. The molecular formula is C18H24N2O6S. The third-order valence-electron chi connectivity index (χ3n) is 5.34. The summed E-state index contributed by atoms with van der Waals surface area (Å²) in [5.74, 6) is -1.67. The minimum atomic E-state index is -3.70. The summed E-state index contributed by atoms with van der Waals surface area (Å²) in [4.78, 5) is 25.3. The van der Waals surface area contributed by atoms with Crippen molar-refractivity contribution in [1.82, 2.24) is 9.62 Å². The van der Waals surface area contributed by atoms with Gasteiger partial charge in [0.1, 0.15) is 0 Å². The minimum Gasteiger partial charge on any atom is -0.479 e. The van der Waals surface area contributed by atoms with Crippen LogP contribution in [-0.4, -0.2) is 60.1 Å². The molecule has 0 bridgehead atoms. The summed E-state index contributed by atoms with van der Waals surface area (Å²) in [5, 5.41) is 19.0. The van der Waals surface area contributed by atoms with Crippen LogP contribution in [0.1, 0.15) is 48.9 Å². The average molecular weight is 396 g/mol. The van der Waals surface area contributed by atoms with Gasteiger partial charge in [-0.1, -0.05) is 18.9 Å². The maximum absolute atomic E-state index is 12.7. The summed E-state index contributed by atoms with van der Waals surface area (Å²) in [7, 11) is -3.70. The minimum absolute atomic E-state index is 0.0410. The van der Waals surface area contributed by atoms with Crippen LogP contribution in [0.25, 0.3) is 0 Å². The highest BCUT2D eigenvalue weighted by Gasteiger charge is 2.40. The van der Waals surface area contributed by atoms with Gasteiger partial charge in [-0.25, -0.2) is 17.9 Å². The standard InChI is InChI=1S/C18H24N2O6S/c21-16(20-10-8-18(24,9-11-20)17(22)23)13-4-3-7-15(12-13)27(25,26)19-14-5-1-2-6-14/h3-4,7,12,14,19,24H,1-2,5-6,8-11H2,(H,22,23). The van der Waals surface area contributed by atoms with Crippen molar-refractivity contribution in [2.45, 2.75) is 55.1 Å². The Labute approximate surface area is 158 Å². The molecule has 0 radical (unpaired) electrons. The lowest BCUT2D eigenvalue weighted by Gasteiger charge is -2.35. The molecule has 1 aliphatic carbocycles. The number of hydrogen-bond donors (Lipinski definition) is 3. The number of carboxylic acid groups (broad SMARTS) is 1. The predicted octanol–water partition coefficient (Wildman–Crippen LogP) is 0.959. The third kappa shape index (κ3) is 4.31. The number of likely N-dealkylation sites (tertiary alicyclic amines) is 1. The van der Waals surface area contributed by atoms with Gasteiger partial charge in [-0.2, -0.15) is 0 Å². The highest BCUT2D eigenvalue weighted by molar-refractivity contribution is 7.89. The molecule has 1 aliphatic heterocycles. The van der Waals surface area contributed by atoms with Crippen LogP contribution < -0.4 is 4.72 Å². The number of amides is 1. The van der Waals surface area contributed by atoms with Gasteiger partial charge in [0.25, 0.3) is 5.91 Å². The van der Waals surface area contributed by atoms with E-state index in [0.29, 0.717) is 0 Å². The fourth-order valence-electron chi connectivity index (χ4n) is 3.60. The number of nitrogens with one attached hydrogen (secondary N) is 1. The van der Waals surface area contributed by atoms with Crippen LogP contribution in [0, 0.1) is 0 Å². The number of sulfonamides is 1. The van der Waals surface area contributed by atoms with Gasteiger partial charge < -0.3 is 15.1 Å². The Bertz CT molecular complexity index is 824. The highest BCUT2D eigenvalue weighted by atomic mass is 32.2. The van der Waals surface area contributed by atoms with E-state index in [1.807, 2.05) is 0 Å². The molecule has 9 heteroatoms. The van der Waals surface area contributed by atoms with Gasteiger partial charge in [-0.05, 0) is 31.0 Å². The molecule has 27 heavy (non-hydrogen) atoms. The largest absolute Gasteiger partial charge is 0.479 e. The molecule has 1 saturated carbocycles. The van der Waals surface area contributed by atoms with Gasteiger partial charge in [0.2, 0.25) is 10.0 Å². The Morgan fingerprint density at radius 2 is 1.78 bits per heavy atom. The number of nitrogens with zero attached hydrogens (tertiary/aromatic N) is 1. The van der Waals surface area contributed by atoms with Crippen molar-refractivity contribution in [3.8, 4) is 0 Å². The molecule has 2 aliphatic rings. The zero-order valence-corrected chi connectivity index (χ0v) is 15.7. The van der Waals surface area contributed by atoms with E-state index in [9.17, 15) is 23.1 Å². The zero-order valence-electron chi connectivity index (χ0n) is 14.9. The average Bonchev–Trinajstić information content (AvgIpc) is 3.14. The Morgan fingerprint density at radius 1 is 1.15 bits per heavy atom. The monoisotopic (exact) mass is 396 g/mol. The van der Waals surface area contributed by atoms with E-state index >= 15 is 0 Å². The van der Waals surface area contributed by atoms with Crippen molar-refractivity contribution in [2.24, 2.45) is 0 Å². The van der Waals surface area contributed by atoms with Gasteiger partial charge in [-0.15, -0.1) is 0 Å². The quantitative estimate of drug-likeness (QED) is 0.681. The first-order chi connectivity index (χ1) is 12.7. The SMILES string of the molecule is O=C(c1cccc(S(=O)(=O)NC2CCCC2)c1)N1CCC(O)(C(=O)O)CC1. The number of piperidine rings is 1. The molecule has 3 N–H and O–H groups in total. The van der Waals surface area contributed by atoms with Crippen molar-refractivity contribution < 1.29 is 28.2 Å². The molecule has 0 atom stereocenters. The summed E-state index contributed by atoms with van der Waals surface area (Å²) in [6, 6.07) is 5.79. The van der Waals surface area contributed by atoms with Gasteiger partial charge in [0.15, 0.2) is 5.60 Å². The van der Waals surface area contributed by atoms with Crippen LogP contribution in [0.3, 0.4) is 0 Å². The van der Waals surface area contributed by atoms with E-state index < -0.39 is 21.6 Å². The molecular weight excluding hydrogens is 372 g/mol.